The fourth-order valence-electron chi connectivity index (χ4n) is 3.35. The van der Waals surface area contributed by atoms with Gasteiger partial charge in [-0.25, -0.2) is 4.98 Å². The number of hydrogen-bond acceptors (Lipinski definition) is 3. The zero-order chi connectivity index (χ0) is 16.8. The summed E-state index contributed by atoms with van der Waals surface area (Å²) in [5.41, 5.74) is 1.29. The third-order valence-electron chi connectivity index (χ3n) is 4.87. The Bertz CT molecular complexity index is 615. The van der Waals surface area contributed by atoms with Crippen molar-refractivity contribution < 1.29 is 0 Å². The maximum atomic E-state index is 5.96. The number of hydrogen-bond donors (Lipinski definition) is 1. The van der Waals surface area contributed by atoms with Crippen molar-refractivity contribution in [2.75, 3.05) is 24.5 Å². The van der Waals surface area contributed by atoms with Crippen molar-refractivity contribution in [3.63, 3.8) is 0 Å². The number of anilines is 1. The van der Waals surface area contributed by atoms with Gasteiger partial charge >= 0.3 is 0 Å². The Labute approximate surface area is 149 Å². The lowest BCUT2D eigenvalue weighted by molar-refractivity contribution is 0.407. The molecule has 130 valence electrons. The minimum Gasteiger partial charge on any atom is -0.371 e. The first kappa shape index (κ1) is 17.3. The number of nitrogens with zero attached hydrogens (tertiary/aromatic N) is 3. The molecule has 24 heavy (non-hydrogen) atoms. The maximum Gasteiger partial charge on any atom is 0.105 e. The summed E-state index contributed by atoms with van der Waals surface area (Å²) in [6, 6.07) is 8.85. The molecule has 0 spiro atoms. The molecular formula is C19H27ClN4. The number of imidazole rings is 1. The molecule has 0 bridgehead atoms. The van der Waals surface area contributed by atoms with Gasteiger partial charge in [0.05, 0.1) is 0 Å². The van der Waals surface area contributed by atoms with Gasteiger partial charge < -0.3 is 14.8 Å². The Kier molecular flexibility index (Phi) is 6.16. The SMILES string of the molecule is Cc1nccn1CCCCNC1CCN(c2ccc(Cl)cc2)CC1. The van der Waals surface area contributed by atoms with E-state index in [0.29, 0.717) is 6.04 Å². The number of benzene rings is 1. The lowest BCUT2D eigenvalue weighted by Gasteiger charge is -2.34. The van der Waals surface area contributed by atoms with Gasteiger partial charge in [0.15, 0.2) is 0 Å². The van der Waals surface area contributed by atoms with Crippen molar-refractivity contribution in [2.24, 2.45) is 0 Å². The van der Waals surface area contributed by atoms with Gasteiger partial charge in [0.1, 0.15) is 5.82 Å². The predicted octanol–water partition coefficient (Wildman–Crippen LogP) is 3.88. The van der Waals surface area contributed by atoms with Gasteiger partial charge in [-0.2, -0.15) is 0 Å². The van der Waals surface area contributed by atoms with Gasteiger partial charge in [0, 0.05) is 48.8 Å². The smallest absolute Gasteiger partial charge is 0.105 e. The van der Waals surface area contributed by atoms with Crippen molar-refractivity contribution >= 4 is 17.3 Å². The third-order valence-corrected chi connectivity index (χ3v) is 5.12. The minimum atomic E-state index is 0.656. The van der Waals surface area contributed by atoms with E-state index in [-0.39, 0.29) is 0 Å². The van der Waals surface area contributed by atoms with Crippen LogP contribution >= 0.6 is 11.6 Å². The lowest BCUT2D eigenvalue weighted by atomic mass is 10.0. The molecule has 0 unspecified atom stereocenters. The van der Waals surface area contributed by atoms with Crippen molar-refractivity contribution in [2.45, 2.75) is 45.2 Å². The second-order valence-electron chi connectivity index (χ2n) is 6.57. The molecular weight excluding hydrogens is 320 g/mol. The average molecular weight is 347 g/mol. The van der Waals surface area contributed by atoms with Crippen LogP contribution in [0.25, 0.3) is 0 Å². The normalized spacial score (nSPS) is 15.8. The highest BCUT2D eigenvalue weighted by Gasteiger charge is 2.18. The van der Waals surface area contributed by atoms with Crippen LogP contribution in [-0.4, -0.2) is 35.2 Å². The fourth-order valence-corrected chi connectivity index (χ4v) is 3.47. The summed E-state index contributed by atoms with van der Waals surface area (Å²) in [6.45, 7) is 6.48. The van der Waals surface area contributed by atoms with Crippen molar-refractivity contribution in [3.8, 4) is 0 Å². The van der Waals surface area contributed by atoms with Crippen LogP contribution in [0.1, 0.15) is 31.5 Å². The van der Waals surface area contributed by atoms with Gasteiger partial charge in [-0.3, -0.25) is 0 Å². The fraction of sp³-hybridized carbons (Fsp3) is 0.526. The average Bonchev–Trinajstić information content (AvgIpc) is 3.01. The number of aryl methyl sites for hydroxylation is 2. The van der Waals surface area contributed by atoms with Crippen LogP contribution in [0.5, 0.6) is 0 Å². The Morgan fingerprint density at radius 1 is 1.17 bits per heavy atom. The molecule has 1 aromatic carbocycles. The Hall–Kier alpha value is -1.52. The van der Waals surface area contributed by atoms with Crippen molar-refractivity contribution in [3.05, 3.63) is 47.5 Å². The zero-order valence-corrected chi connectivity index (χ0v) is 15.2. The first-order valence-corrected chi connectivity index (χ1v) is 9.32. The third kappa shape index (κ3) is 4.74. The topological polar surface area (TPSA) is 33.1 Å². The van der Waals surface area contributed by atoms with Crippen molar-refractivity contribution in [1.29, 1.82) is 0 Å². The second-order valence-corrected chi connectivity index (χ2v) is 7.00. The summed E-state index contributed by atoms with van der Waals surface area (Å²) >= 11 is 5.96. The molecule has 0 aliphatic carbocycles. The van der Waals surface area contributed by atoms with E-state index in [0.717, 1.165) is 37.0 Å². The molecule has 1 N–H and O–H groups in total. The molecule has 1 aliphatic rings. The van der Waals surface area contributed by atoms with Gasteiger partial charge in [0.2, 0.25) is 0 Å². The molecule has 0 atom stereocenters. The summed E-state index contributed by atoms with van der Waals surface area (Å²) in [4.78, 5) is 6.72. The molecule has 0 radical (unpaired) electrons. The number of unbranched alkanes of at least 4 members (excludes halogenated alkanes) is 1. The Balaban J connectivity index is 1.31. The van der Waals surface area contributed by atoms with E-state index in [1.54, 1.807) is 0 Å². The van der Waals surface area contributed by atoms with Crippen LogP contribution in [-0.2, 0) is 6.54 Å². The Morgan fingerprint density at radius 3 is 2.58 bits per heavy atom. The lowest BCUT2D eigenvalue weighted by Crippen LogP contribution is -2.42. The predicted molar refractivity (Wildman–Crippen MR) is 101 cm³/mol. The zero-order valence-electron chi connectivity index (χ0n) is 14.4. The summed E-state index contributed by atoms with van der Waals surface area (Å²) in [7, 11) is 0. The van der Waals surface area contributed by atoms with Gasteiger partial charge in [0.25, 0.3) is 0 Å². The van der Waals surface area contributed by atoms with E-state index in [1.807, 2.05) is 18.3 Å². The molecule has 5 heteroatoms. The molecule has 1 aromatic heterocycles. The summed E-state index contributed by atoms with van der Waals surface area (Å²) in [6.07, 6.45) is 8.78. The number of rotatable bonds is 7. The molecule has 1 fully saturated rings. The van der Waals surface area contributed by atoms with Crippen LogP contribution in [0.15, 0.2) is 36.7 Å². The first-order valence-electron chi connectivity index (χ1n) is 8.94. The number of nitrogens with one attached hydrogen (secondary N) is 1. The van der Waals surface area contributed by atoms with Gasteiger partial charge in [-0.1, -0.05) is 11.6 Å². The summed E-state index contributed by atoms with van der Waals surface area (Å²) < 4.78 is 2.23. The number of piperidine rings is 1. The van der Waals surface area contributed by atoms with Crippen LogP contribution in [0, 0.1) is 6.92 Å². The van der Waals surface area contributed by atoms with Gasteiger partial charge in [-0.05, 0) is 63.4 Å². The second kappa shape index (κ2) is 8.54. The molecule has 0 saturated carbocycles. The monoisotopic (exact) mass is 346 g/mol. The standard InChI is InChI=1S/C19H27ClN4/c1-16-21-11-15-23(16)12-3-2-10-22-18-8-13-24(14-9-18)19-6-4-17(20)5-7-19/h4-7,11,15,18,22H,2-3,8-10,12-14H2,1H3. The molecule has 0 amide bonds. The van der Waals surface area contributed by atoms with E-state index >= 15 is 0 Å². The van der Waals surface area contributed by atoms with E-state index in [1.165, 1.54) is 31.4 Å². The first-order chi connectivity index (χ1) is 11.7. The van der Waals surface area contributed by atoms with Crippen molar-refractivity contribution in [1.82, 2.24) is 14.9 Å². The van der Waals surface area contributed by atoms with Gasteiger partial charge in [-0.15, -0.1) is 0 Å². The minimum absolute atomic E-state index is 0.656. The number of aromatic nitrogens is 2. The maximum absolute atomic E-state index is 5.96. The summed E-state index contributed by atoms with van der Waals surface area (Å²) in [5.74, 6) is 1.11. The molecule has 4 nitrogen and oxygen atoms in total. The van der Waals surface area contributed by atoms with Crippen LogP contribution < -0.4 is 10.2 Å². The van der Waals surface area contributed by atoms with E-state index in [2.05, 4.69) is 45.0 Å². The quantitative estimate of drug-likeness (QED) is 0.772. The van der Waals surface area contributed by atoms with Crippen LogP contribution in [0.3, 0.4) is 0 Å². The molecule has 3 rings (SSSR count). The van der Waals surface area contributed by atoms with E-state index < -0.39 is 0 Å². The van der Waals surface area contributed by atoms with Crippen LogP contribution in [0.4, 0.5) is 5.69 Å². The van der Waals surface area contributed by atoms with Crippen LogP contribution in [0.2, 0.25) is 5.02 Å². The highest BCUT2D eigenvalue weighted by atomic mass is 35.5. The number of halogens is 1. The molecule has 2 heterocycles. The van der Waals surface area contributed by atoms with E-state index in [4.69, 9.17) is 11.6 Å². The molecule has 1 aliphatic heterocycles. The van der Waals surface area contributed by atoms with E-state index in [9.17, 15) is 0 Å². The highest BCUT2D eigenvalue weighted by Crippen LogP contribution is 2.22. The molecule has 1 saturated heterocycles. The largest absolute Gasteiger partial charge is 0.371 e. The highest BCUT2D eigenvalue weighted by molar-refractivity contribution is 6.30. The molecule has 2 aromatic rings. The Morgan fingerprint density at radius 2 is 1.92 bits per heavy atom. The summed E-state index contributed by atoms with van der Waals surface area (Å²) in [5, 5.41) is 4.53.